The molecule has 0 bridgehead atoms. The Bertz CT molecular complexity index is 1600. The van der Waals surface area contributed by atoms with Gasteiger partial charge in [-0.2, -0.15) is 0 Å². The number of ether oxygens (including phenoxy) is 2. The summed E-state index contributed by atoms with van der Waals surface area (Å²) in [4.78, 5) is 8.67. The second-order valence-corrected chi connectivity index (χ2v) is 11.8. The Labute approximate surface area is 263 Å². The predicted molar refractivity (Wildman–Crippen MR) is 170 cm³/mol. The van der Waals surface area contributed by atoms with Gasteiger partial charge in [0.15, 0.2) is 5.16 Å². The second-order valence-electron chi connectivity index (χ2n) is 10.1. The molecule has 0 unspecified atom stereocenters. The van der Waals surface area contributed by atoms with Gasteiger partial charge in [-0.1, -0.05) is 54.9 Å². The van der Waals surface area contributed by atoms with E-state index in [1.54, 1.807) is 43.8 Å². The molecule has 4 rings (SSSR count). The highest BCUT2D eigenvalue weighted by Gasteiger charge is 2.30. The molecule has 0 atom stereocenters. The maximum atomic E-state index is 15.2. The fourth-order valence-corrected chi connectivity index (χ4v) is 5.90. The van der Waals surface area contributed by atoms with E-state index < -0.39 is 11.2 Å². The monoisotopic (exact) mass is 645 g/mol. The van der Waals surface area contributed by atoms with Crippen molar-refractivity contribution in [1.82, 2.24) is 9.55 Å². The molecule has 7 nitrogen and oxygen atoms in total. The molecule has 0 amide bonds. The molecular formula is C31H31Cl2F2N5O2S. The first-order chi connectivity index (χ1) is 20.5. The van der Waals surface area contributed by atoms with Crippen LogP contribution in [0, 0.1) is 17.0 Å². The molecule has 0 aliphatic heterocycles. The van der Waals surface area contributed by atoms with Crippen LogP contribution in [0.2, 0.25) is 10.0 Å². The van der Waals surface area contributed by atoms with Crippen LogP contribution in [-0.2, 0) is 11.2 Å². The Hall–Kier alpha value is -3.60. The molecule has 1 aromatic heterocycles. The van der Waals surface area contributed by atoms with Crippen LogP contribution in [0.15, 0.2) is 70.9 Å². The van der Waals surface area contributed by atoms with E-state index >= 15 is 4.39 Å². The van der Waals surface area contributed by atoms with Gasteiger partial charge in [0.2, 0.25) is 0 Å². The van der Waals surface area contributed by atoms with Crippen molar-refractivity contribution in [2.45, 2.75) is 36.6 Å². The van der Waals surface area contributed by atoms with Crippen molar-refractivity contribution in [1.29, 1.82) is 5.41 Å². The van der Waals surface area contributed by atoms with Crippen LogP contribution >= 0.6 is 35.0 Å². The minimum Gasteiger partial charge on any atom is -0.495 e. The Balaban J connectivity index is 1.59. The molecule has 0 aliphatic rings. The Kier molecular flexibility index (Phi) is 10.7. The molecule has 3 N–H and O–H groups in total. The first kappa shape index (κ1) is 32.3. The van der Waals surface area contributed by atoms with Gasteiger partial charge in [0, 0.05) is 41.1 Å². The number of thioether (sulfide) groups is 1. The number of imidazole rings is 1. The molecule has 0 radical (unpaired) electrons. The maximum Gasteiger partial charge on any atom is 0.173 e. The van der Waals surface area contributed by atoms with E-state index in [9.17, 15) is 4.39 Å². The molecule has 0 saturated heterocycles. The summed E-state index contributed by atoms with van der Waals surface area (Å²) in [5.41, 5.74) is 7.46. The maximum absolute atomic E-state index is 15.2. The summed E-state index contributed by atoms with van der Waals surface area (Å²) in [5.74, 6) is 0.145. The van der Waals surface area contributed by atoms with Gasteiger partial charge in [0.1, 0.15) is 29.0 Å². The first-order valence-corrected chi connectivity index (χ1v) is 15.0. The van der Waals surface area contributed by atoms with Crippen LogP contribution in [0.3, 0.4) is 0 Å². The molecule has 3 aromatic carbocycles. The molecule has 0 fully saturated rings. The lowest BCUT2D eigenvalue weighted by Crippen LogP contribution is -2.23. The third-order valence-electron chi connectivity index (χ3n) is 6.69. The van der Waals surface area contributed by atoms with Crippen LogP contribution in [0.5, 0.6) is 11.5 Å². The third-order valence-corrected chi connectivity index (χ3v) is 8.32. The van der Waals surface area contributed by atoms with Crippen LogP contribution in [0.25, 0.3) is 5.69 Å². The lowest BCUT2D eigenvalue weighted by molar-refractivity contribution is 0.328. The molecule has 0 saturated carbocycles. The number of amidine groups is 1. The number of hydrogen-bond donors (Lipinski definition) is 2. The van der Waals surface area contributed by atoms with Crippen molar-refractivity contribution < 1.29 is 18.3 Å². The van der Waals surface area contributed by atoms with Crippen LogP contribution < -0.4 is 15.2 Å². The van der Waals surface area contributed by atoms with E-state index in [2.05, 4.69) is 9.98 Å². The molecule has 1 heterocycles. The number of rotatable bonds is 13. The highest BCUT2D eigenvalue weighted by atomic mass is 35.5. The summed E-state index contributed by atoms with van der Waals surface area (Å²) in [6, 6.07) is 14.6. The topological polar surface area (TPSA) is 98.5 Å². The largest absolute Gasteiger partial charge is 0.495 e. The highest BCUT2D eigenvalue weighted by molar-refractivity contribution is 7.98. The second kappa shape index (κ2) is 14.2. The fourth-order valence-electron chi connectivity index (χ4n) is 4.34. The number of nitrogens with one attached hydrogen (secondary N) is 1. The molecule has 0 aliphatic carbocycles. The van der Waals surface area contributed by atoms with Crippen molar-refractivity contribution in [2.75, 3.05) is 20.3 Å². The number of aromatic nitrogens is 2. The van der Waals surface area contributed by atoms with E-state index in [4.69, 9.17) is 43.8 Å². The zero-order chi connectivity index (χ0) is 31.1. The summed E-state index contributed by atoms with van der Waals surface area (Å²) in [6.07, 6.45) is 3.84. The highest BCUT2D eigenvalue weighted by Crippen LogP contribution is 2.40. The van der Waals surface area contributed by atoms with E-state index in [-0.39, 0.29) is 35.6 Å². The van der Waals surface area contributed by atoms with Gasteiger partial charge >= 0.3 is 0 Å². The SMILES string of the molecule is COc1cc(C(C)(C)c2cnc(SCc3c(F)cc(OCCC=NCC(=N)N)cc3Cl)n2-c2ccc(F)cc2)ccc1Cl. The number of benzene rings is 3. The fraction of sp³-hybridized carbons (Fsp3) is 0.258. The summed E-state index contributed by atoms with van der Waals surface area (Å²) >= 11 is 14.1. The average molecular weight is 647 g/mol. The zero-order valence-electron chi connectivity index (χ0n) is 23.8. The number of methoxy groups -OCH3 is 1. The van der Waals surface area contributed by atoms with Gasteiger partial charge in [0.05, 0.1) is 42.2 Å². The first-order valence-electron chi connectivity index (χ1n) is 13.2. The normalized spacial score (nSPS) is 11.7. The van der Waals surface area contributed by atoms with Crippen molar-refractivity contribution in [3.05, 3.63) is 99.3 Å². The minimum absolute atomic E-state index is 0.0261. The summed E-state index contributed by atoms with van der Waals surface area (Å²) in [5, 5.41) is 8.46. The van der Waals surface area contributed by atoms with E-state index in [0.29, 0.717) is 39.3 Å². The zero-order valence-corrected chi connectivity index (χ0v) is 26.2. The lowest BCUT2D eigenvalue weighted by atomic mass is 9.81. The van der Waals surface area contributed by atoms with Gasteiger partial charge in [-0.25, -0.2) is 13.8 Å². The quantitative estimate of drug-likeness (QED) is 0.0667. The Morgan fingerprint density at radius 3 is 2.53 bits per heavy atom. The van der Waals surface area contributed by atoms with Crippen molar-refractivity contribution >= 4 is 47.0 Å². The van der Waals surface area contributed by atoms with Crippen LogP contribution in [-0.4, -0.2) is 41.9 Å². The number of hydrogen-bond acceptors (Lipinski definition) is 6. The molecule has 43 heavy (non-hydrogen) atoms. The van der Waals surface area contributed by atoms with E-state index in [1.807, 2.05) is 30.5 Å². The Morgan fingerprint density at radius 1 is 1.12 bits per heavy atom. The van der Waals surface area contributed by atoms with Crippen molar-refractivity contribution in [2.24, 2.45) is 10.7 Å². The smallest absolute Gasteiger partial charge is 0.173 e. The standard InChI is InChI=1S/C31H31Cl2F2N5O2S/c1-31(2,19-5-10-24(32)27(13-19)41-3)28-16-39-30(40(28)21-8-6-20(34)7-9-21)43-18-23-25(33)14-22(15-26(23)35)42-12-4-11-38-17-29(36)37/h5-11,13-16H,4,12,17-18H2,1-3H3,(H3,36,37). The number of nitrogens with two attached hydrogens (primary N) is 1. The molecule has 4 aromatic rings. The predicted octanol–water partition coefficient (Wildman–Crippen LogP) is 7.86. The third kappa shape index (κ3) is 7.87. The number of aliphatic imine (C=N–C) groups is 1. The molecule has 226 valence electrons. The van der Waals surface area contributed by atoms with Gasteiger partial charge < -0.3 is 15.2 Å². The van der Waals surface area contributed by atoms with Gasteiger partial charge in [-0.15, -0.1) is 0 Å². The van der Waals surface area contributed by atoms with Gasteiger partial charge in [0.25, 0.3) is 0 Å². The summed E-state index contributed by atoms with van der Waals surface area (Å²) in [7, 11) is 1.56. The molecule has 12 heteroatoms. The average Bonchev–Trinajstić information content (AvgIpc) is 3.39. The summed E-state index contributed by atoms with van der Waals surface area (Å²) < 4.78 is 42.0. The van der Waals surface area contributed by atoms with Gasteiger partial charge in [-0.3, -0.25) is 15.0 Å². The summed E-state index contributed by atoms with van der Waals surface area (Å²) in [6.45, 7) is 4.48. The molecule has 0 spiro atoms. The lowest BCUT2D eigenvalue weighted by Gasteiger charge is -2.28. The van der Waals surface area contributed by atoms with E-state index in [1.165, 1.54) is 30.0 Å². The van der Waals surface area contributed by atoms with E-state index in [0.717, 1.165) is 11.3 Å². The van der Waals surface area contributed by atoms with Crippen molar-refractivity contribution in [3.63, 3.8) is 0 Å². The molecular weight excluding hydrogens is 615 g/mol. The van der Waals surface area contributed by atoms with Crippen LogP contribution in [0.1, 0.15) is 37.1 Å². The Morgan fingerprint density at radius 2 is 1.86 bits per heavy atom. The van der Waals surface area contributed by atoms with Crippen molar-refractivity contribution in [3.8, 4) is 17.2 Å². The van der Waals surface area contributed by atoms with Crippen LogP contribution in [0.4, 0.5) is 8.78 Å². The number of halogens is 4. The minimum atomic E-state index is -0.573. The van der Waals surface area contributed by atoms with Gasteiger partial charge in [-0.05, 0) is 48.0 Å². The number of nitrogens with zero attached hydrogens (tertiary/aromatic N) is 3.